The van der Waals surface area contributed by atoms with Crippen LogP contribution in [0.5, 0.6) is 11.5 Å². The maximum absolute atomic E-state index is 12.6. The van der Waals surface area contributed by atoms with E-state index in [-0.39, 0.29) is 24.9 Å². The second-order valence-electron chi connectivity index (χ2n) is 7.16. The first-order chi connectivity index (χ1) is 15.1. The van der Waals surface area contributed by atoms with Crippen molar-refractivity contribution < 1.29 is 19.1 Å². The zero-order chi connectivity index (χ0) is 21.8. The zero-order valence-corrected chi connectivity index (χ0v) is 17.5. The fourth-order valence-electron chi connectivity index (χ4n) is 3.56. The lowest BCUT2D eigenvalue weighted by Gasteiger charge is -2.26. The smallest absolute Gasteiger partial charge is 0.240 e. The molecule has 1 N–H and O–H groups in total. The molecule has 0 atom stereocenters. The highest BCUT2D eigenvalue weighted by Crippen LogP contribution is 2.28. The van der Waals surface area contributed by atoms with E-state index in [1.54, 1.807) is 25.0 Å². The molecule has 0 bridgehead atoms. The topological polar surface area (TPSA) is 85.7 Å². The third-order valence-corrected chi connectivity index (χ3v) is 5.22. The molecule has 1 aliphatic heterocycles. The molecule has 0 radical (unpaired) electrons. The maximum atomic E-state index is 12.6. The number of nitrogens with zero attached hydrogens (tertiary/aromatic N) is 3. The van der Waals surface area contributed by atoms with Crippen LogP contribution in [0.1, 0.15) is 12.0 Å². The number of nitrogens with one attached hydrogen (secondary N) is 1. The minimum atomic E-state index is -0.262. The van der Waals surface area contributed by atoms with Gasteiger partial charge in [-0.05, 0) is 12.1 Å². The van der Waals surface area contributed by atoms with Crippen LogP contribution in [0.2, 0.25) is 0 Å². The number of aromatic nitrogens is 2. The van der Waals surface area contributed by atoms with Crippen LogP contribution in [-0.4, -0.2) is 42.4 Å². The van der Waals surface area contributed by atoms with Crippen molar-refractivity contribution in [3.05, 3.63) is 60.2 Å². The van der Waals surface area contributed by atoms with Gasteiger partial charge in [-0.3, -0.25) is 14.5 Å². The molecule has 0 saturated carbocycles. The number of amides is 2. The number of methoxy groups -OCH3 is 2. The fraction of sp³-hybridized carbons (Fsp3) is 0.261. The van der Waals surface area contributed by atoms with Gasteiger partial charge in [0.15, 0.2) is 0 Å². The van der Waals surface area contributed by atoms with Crippen molar-refractivity contribution in [1.82, 2.24) is 15.1 Å². The summed E-state index contributed by atoms with van der Waals surface area (Å²) in [5.41, 5.74) is 2.56. The van der Waals surface area contributed by atoms with Crippen LogP contribution in [0.3, 0.4) is 0 Å². The van der Waals surface area contributed by atoms with E-state index in [9.17, 15) is 9.59 Å². The third-order valence-electron chi connectivity index (χ3n) is 5.22. The molecule has 8 heteroatoms. The standard InChI is InChI=1S/C23H24N4O4/c1-30-18-9-8-17(20(12-18)31-2)14-24-21(28)15-26-22-13-19(16-6-4-3-5-7-16)25-27(22)11-10-23(26)29/h3-9,12-13H,10-11,14-15H2,1-2H3,(H,24,28). The Kier molecular flexibility index (Phi) is 5.88. The van der Waals surface area contributed by atoms with Gasteiger partial charge >= 0.3 is 0 Å². The lowest BCUT2D eigenvalue weighted by molar-refractivity contribution is -0.124. The Morgan fingerprint density at radius 2 is 1.90 bits per heavy atom. The number of fused-ring (bicyclic) bond motifs is 1. The summed E-state index contributed by atoms with van der Waals surface area (Å²) in [6.45, 7) is 0.710. The molecule has 0 unspecified atom stereocenters. The normalized spacial score (nSPS) is 13.0. The summed E-state index contributed by atoms with van der Waals surface area (Å²) in [6, 6.07) is 17.0. The highest BCUT2D eigenvalue weighted by Gasteiger charge is 2.28. The van der Waals surface area contributed by atoms with Gasteiger partial charge in [0.05, 0.1) is 26.5 Å². The van der Waals surface area contributed by atoms with E-state index in [4.69, 9.17) is 9.47 Å². The second kappa shape index (κ2) is 8.91. The predicted molar refractivity (Wildman–Crippen MR) is 116 cm³/mol. The monoisotopic (exact) mass is 420 g/mol. The van der Waals surface area contributed by atoms with Crippen LogP contribution in [0, 0.1) is 0 Å². The van der Waals surface area contributed by atoms with Crippen molar-refractivity contribution >= 4 is 17.6 Å². The molecule has 0 aliphatic carbocycles. The van der Waals surface area contributed by atoms with Gasteiger partial charge in [-0.25, -0.2) is 4.68 Å². The van der Waals surface area contributed by atoms with Crippen LogP contribution in [0.25, 0.3) is 11.3 Å². The number of rotatable bonds is 7. The van der Waals surface area contributed by atoms with E-state index in [1.807, 2.05) is 48.5 Å². The first kappa shape index (κ1) is 20.5. The van der Waals surface area contributed by atoms with E-state index in [0.717, 1.165) is 16.8 Å². The van der Waals surface area contributed by atoms with E-state index < -0.39 is 0 Å². The lowest BCUT2D eigenvalue weighted by atomic mass is 10.1. The van der Waals surface area contributed by atoms with Gasteiger partial charge in [0.25, 0.3) is 0 Å². The summed E-state index contributed by atoms with van der Waals surface area (Å²) in [5, 5.41) is 7.47. The Morgan fingerprint density at radius 3 is 2.65 bits per heavy atom. The van der Waals surface area contributed by atoms with Gasteiger partial charge < -0.3 is 14.8 Å². The largest absolute Gasteiger partial charge is 0.497 e. The number of carbonyl (C=O) groups is 2. The number of aryl methyl sites for hydroxylation is 1. The number of hydrogen-bond donors (Lipinski definition) is 1. The second-order valence-corrected chi connectivity index (χ2v) is 7.16. The summed E-state index contributed by atoms with van der Waals surface area (Å²) < 4.78 is 12.3. The quantitative estimate of drug-likeness (QED) is 0.635. The zero-order valence-electron chi connectivity index (χ0n) is 17.5. The third kappa shape index (κ3) is 4.37. The Bertz CT molecular complexity index is 1090. The minimum absolute atomic E-state index is 0.0722. The molecule has 1 aromatic heterocycles. The number of anilines is 1. The van der Waals surface area contributed by atoms with Crippen molar-refractivity contribution in [1.29, 1.82) is 0 Å². The van der Waals surface area contributed by atoms with E-state index in [0.29, 0.717) is 30.3 Å². The van der Waals surface area contributed by atoms with Gasteiger partial charge in [0, 0.05) is 36.2 Å². The van der Waals surface area contributed by atoms with Crippen LogP contribution in [0.4, 0.5) is 5.82 Å². The Hall–Kier alpha value is -3.81. The molecule has 2 heterocycles. The first-order valence-electron chi connectivity index (χ1n) is 10.0. The molecule has 1 aliphatic rings. The molecule has 2 amide bonds. The Morgan fingerprint density at radius 1 is 1.10 bits per heavy atom. The van der Waals surface area contributed by atoms with Gasteiger partial charge in [0.1, 0.15) is 23.9 Å². The molecule has 3 aromatic rings. The number of benzene rings is 2. The molecule has 0 spiro atoms. The molecule has 0 fully saturated rings. The maximum Gasteiger partial charge on any atom is 0.240 e. The van der Waals surface area contributed by atoms with Crippen molar-refractivity contribution in [3.8, 4) is 22.8 Å². The van der Waals surface area contributed by atoms with Crippen molar-refractivity contribution in [3.63, 3.8) is 0 Å². The van der Waals surface area contributed by atoms with Gasteiger partial charge in [-0.15, -0.1) is 0 Å². The summed E-state index contributed by atoms with van der Waals surface area (Å²) in [7, 11) is 3.15. The molecule has 0 saturated heterocycles. The summed E-state index contributed by atoms with van der Waals surface area (Å²) in [5.74, 6) is 1.58. The highest BCUT2D eigenvalue weighted by atomic mass is 16.5. The number of hydrogen-bond acceptors (Lipinski definition) is 5. The fourth-order valence-corrected chi connectivity index (χ4v) is 3.56. The highest BCUT2D eigenvalue weighted by molar-refractivity contribution is 5.99. The molecule has 2 aromatic carbocycles. The number of ether oxygens (including phenoxy) is 2. The van der Waals surface area contributed by atoms with E-state index >= 15 is 0 Å². The lowest BCUT2D eigenvalue weighted by Crippen LogP contribution is -2.44. The minimum Gasteiger partial charge on any atom is -0.497 e. The Balaban J connectivity index is 1.46. The van der Waals surface area contributed by atoms with Crippen LogP contribution >= 0.6 is 0 Å². The van der Waals surface area contributed by atoms with Crippen LogP contribution in [0.15, 0.2) is 54.6 Å². The van der Waals surface area contributed by atoms with Crippen LogP contribution in [-0.2, 0) is 22.7 Å². The molecule has 4 rings (SSSR count). The average molecular weight is 420 g/mol. The van der Waals surface area contributed by atoms with E-state index in [2.05, 4.69) is 10.4 Å². The molecular formula is C23H24N4O4. The van der Waals surface area contributed by atoms with E-state index in [1.165, 1.54) is 4.90 Å². The Labute approximate surface area is 180 Å². The van der Waals surface area contributed by atoms with Crippen LogP contribution < -0.4 is 19.7 Å². The summed E-state index contributed by atoms with van der Waals surface area (Å²) >= 11 is 0. The first-order valence-corrected chi connectivity index (χ1v) is 10.0. The van der Waals surface area contributed by atoms with Crippen molar-refractivity contribution in [2.45, 2.75) is 19.5 Å². The predicted octanol–water partition coefficient (Wildman–Crippen LogP) is 2.62. The number of carbonyl (C=O) groups excluding carboxylic acids is 2. The van der Waals surface area contributed by atoms with Gasteiger partial charge in [-0.2, -0.15) is 5.10 Å². The molecule has 8 nitrogen and oxygen atoms in total. The summed E-state index contributed by atoms with van der Waals surface area (Å²) in [4.78, 5) is 26.7. The van der Waals surface area contributed by atoms with Gasteiger partial charge in [-0.1, -0.05) is 30.3 Å². The molecular weight excluding hydrogens is 396 g/mol. The molecule has 31 heavy (non-hydrogen) atoms. The van der Waals surface area contributed by atoms with Crippen molar-refractivity contribution in [2.24, 2.45) is 0 Å². The SMILES string of the molecule is COc1ccc(CNC(=O)CN2C(=O)CCn3nc(-c4ccccc4)cc32)c(OC)c1. The van der Waals surface area contributed by atoms with Gasteiger partial charge in [0.2, 0.25) is 11.8 Å². The summed E-state index contributed by atoms with van der Waals surface area (Å²) in [6.07, 6.45) is 0.308. The van der Waals surface area contributed by atoms with Crippen molar-refractivity contribution in [2.75, 3.05) is 25.7 Å². The average Bonchev–Trinajstić information content (AvgIpc) is 3.25. The molecule has 160 valence electrons.